The molecule has 2 unspecified atom stereocenters. The molecule has 0 radical (unpaired) electrons. The van der Waals surface area contributed by atoms with Crippen molar-refractivity contribution < 1.29 is 5.11 Å². The molecule has 0 saturated heterocycles. The van der Waals surface area contributed by atoms with Crippen molar-refractivity contribution in [3.05, 3.63) is 0 Å². The van der Waals surface area contributed by atoms with Crippen molar-refractivity contribution in [2.24, 2.45) is 22.2 Å². The molecule has 92 valence electrons. The average molecular weight is 222 g/mol. The third-order valence-electron chi connectivity index (χ3n) is 6.81. The van der Waals surface area contributed by atoms with Crippen LogP contribution < -0.4 is 0 Å². The highest BCUT2D eigenvalue weighted by Crippen LogP contribution is 2.78. The molecular weight excluding hydrogens is 196 g/mol. The summed E-state index contributed by atoms with van der Waals surface area (Å²) in [4.78, 5) is 0. The van der Waals surface area contributed by atoms with Crippen molar-refractivity contribution >= 4 is 0 Å². The van der Waals surface area contributed by atoms with Gasteiger partial charge in [0.1, 0.15) is 0 Å². The van der Waals surface area contributed by atoms with Crippen LogP contribution in [-0.2, 0) is 0 Å². The van der Waals surface area contributed by atoms with Gasteiger partial charge in [0.2, 0.25) is 0 Å². The zero-order valence-electron chi connectivity index (χ0n) is 11.3. The molecule has 0 spiro atoms. The van der Waals surface area contributed by atoms with E-state index in [1.165, 1.54) is 32.1 Å². The highest BCUT2D eigenvalue weighted by Gasteiger charge is 2.73. The molecule has 0 aliphatic heterocycles. The lowest BCUT2D eigenvalue weighted by molar-refractivity contribution is -0.149. The third kappa shape index (κ3) is 0.939. The Bertz CT molecular complexity index is 330. The summed E-state index contributed by atoms with van der Waals surface area (Å²) in [5.74, 6) is 0.840. The normalized spacial score (nSPS) is 58.7. The maximum absolute atomic E-state index is 10.9. The maximum Gasteiger partial charge on any atom is 0.0681 e. The van der Waals surface area contributed by atoms with E-state index in [-0.39, 0.29) is 5.41 Å². The standard InChI is InChI=1S/C15H26O/c1-12(2)10-15-9-6-11(12)13(15,3)7-5-8-14(15,4)16/h11,16H,5-10H2,1-4H3/t11?,13-,14-,15?/m0/s1. The molecule has 3 aliphatic rings. The first-order valence-electron chi connectivity index (χ1n) is 6.98. The summed E-state index contributed by atoms with van der Waals surface area (Å²) in [6.45, 7) is 9.46. The van der Waals surface area contributed by atoms with Crippen LogP contribution in [0.2, 0.25) is 0 Å². The van der Waals surface area contributed by atoms with Gasteiger partial charge < -0.3 is 5.11 Å². The Kier molecular flexibility index (Phi) is 1.86. The van der Waals surface area contributed by atoms with Gasteiger partial charge in [-0.25, -0.2) is 0 Å². The van der Waals surface area contributed by atoms with Gasteiger partial charge in [-0.2, -0.15) is 0 Å². The highest BCUT2D eigenvalue weighted by atomic mass is 16.3. The van der Waals surface area contributed by atoms with E-state index in [0.29, 0.717) is 10.8 Å². The van der Waals surface area contributed by atoms with E-state index in [9.17, 15) is 5.11 Å². The predicted molar refractivity (Wildman–Crippen MR) is 66.1 cm³/mol. The fourth-order valence-corrected chi connectivity index (χ4v) is 6.30. The molecule has 3 aliphatic carbocycles. The second-order valence-corrected chi connectivity index (χ2v) is 7.88. The lowest BCUT2D eigenvalue weighted by atomic mass is 9.53. The molecule has 0 amide bonds. The number of rotatable bonds is 0. The van der Waals surface area contributed by atoms with Crippen LogP contribution in [-0.4, -0.2) is 10.7 Å². The summed E-state index contributed by atoms with van der Waals surface area (Å²) in [5, 5.41) is 10.9. The summed E-state index contributed by atoms with van der Waals surface area (Å²) < 4.78 is 0. The van der Waals surface area contributed by atoms with Crippen molar-refractivity contribution in [3.8, 4) is 0 Å². The fraction of sp³-hybridized carbons (Fsp3) is 1.00. The van der Waals surface area contributed by atoms with E-state index in [2.05, 4.69) is 27.7 Å². The Labute approximate surface area is 99.6 Å². The number of hydrogen-bond donors (Lipinski definition) is 1. The lowest BCUT2D eigenvalue weighted by Crippen LogP contribution is -2.54. The van der Waals surface area contributed by atoms with Crippen LogP contribution in [0.4, 0.5) is 0 Å². The van der Waals surface area contributed by atoms with E-state index in [4.69, 9.17) is 0 Å². The van der Waals surface area contributed by atoms with Gasteiger partial charge in [-0.05, 0) is 55.8 Å². The van der Waals surface area contributed by atoms with Gasteiger partial charge in [-0.15, -0.1) is 0 Å². The van der Waals surface area contributed by atoms with Crippen LogP contribution >= 0.6 is 0 Å². The largest absolute Gasteiger partial charge is 0.390 e. The predicted octanol–water partition coefficient (Wildman–Crippen LogP) is 3.75. The molecular formula is C15H26O. The van der Waals surface area contributed by atoms with Gasteiger partial charge in [0.05, 0.1) is 5.60 Å². The van der Waals surface area contributed by atoms with Crippen LogP contribution in [0.15, 0.2) is 0 Å². The minimum Gasteiger partial charge on any atom is -0.390 e. The third-order valence-corrected chi connectivity index (χ3v) is 6.81. The molecule has 0 aromatic rings. The van der Waals surface area contributed by atoms with Gasteiger partial charge in [-0.3, -0.25) is 0 Å². The monoisotopic (exact) mass is 222 g/mol. The summed E-state index contributed by atoms with van der Waals surface area (Å²) in [5.41, 5.74) is 0.675. The Morgan fingerprint density at radius 2 is 1.69 bits per heavy atom. The van der Waals surface area contributed by atoms with Crippen molar-refractivity contribution in [1.82, 2.24) is 0 Å². The quantitative estimate of drug-likeness (QED) is 0.662. The second-order valence-electron chi connectivity index (χ2n) is 7.88. The Morgan fingerprint density at radius 1 is 1.00 bits per heavy atom. The second kappa shape index (κ2) is 2.68. The van der Waals surface area contributed by atoms with Crippen LogP contribution in [0.25, 0.3) is 0 Å². The first kappa shape index (κ1) is 11.1. The molecule has 1 N–H and O–H groups in total. The molecule has 3 rings (SSSR count). The van der Waals surface area contributed by atoms with E-state index in [1.54, 1.807) is 0 Å². The van der Waals surface area contributed by atoms with E-state index < -0.39 is 5.60 Å². The molecule has 1 heteroatoms. The van der Waals surface area contributed by atoms with Crippen molar-refractivity contribution in [2.45, 2.75) is 71.8 Å². The van der Waals surface area contributed by atoms with Crippen molar-refractivity contribution in [3.63, 3.8) is 0 Å². The van der Waals surface area contributed by atoms with Gasteiger partial charge in [0.25, 0.3) is 0 Å². The van der Waals surface area contributed by atoms with Crippen LogP contribution in [0.3, 0.4) is 0 Å². The molecule has 1 nitrogen and oxygen atoms in total. The molecule has 4 atom stereocenters. The van der Waals surface area contributed by atoms with Gasteiger partial charge in [0.15, 0.2) is 0 Å². The van der Waals surface area contributed by atoms with Gasteiger partial charge in [0, 0.05) is 5.41 Å². The van der Waals surface area contributed by atoms with E-state index in [1.807, 2.05) is 0 Å². The summed E-state index contributed by atoms with van der Waals surface area (Å²) in [6.07, 6.45) is 7.44. The fourth-order valence-electron chi connectivity index (χ4n) is 6.30. The minimum absolute atomic E-state index is 0.229. The zero-order chi connectivity index (χ0) is 11.8. The molecule has 3 saturated carbocycles. The Hall–Kier alpha value is -0.0400. The summed E-state index contributed by atoms with van der Waals surface area (Å²) in [6, 6.07) is 0. The van der Waals surface area contributed by atoms with Crippen LogP contribution in [0.5, 0.6) is 0 Å². The van der Waals surface area contributed by atoms with Crippen LogP contribution in [0.1, 0.15) is 66.2 Å². The minimum atomic E-state index is -0.414. The highest BCUT2D eigenvalue weighted by molar-refractivity contribution is 5.22. The topological polar surface area (TPSA) is 20.2 Å². The molecule has 0 aromatic heterocycles. The van der Waals surface area contributed by atoms with E-state index >= 15 is 0 Å². The Morgan fingerprint density at radius 3 is 2.25 bits per heavy atom. The first-order chi connectivity index (χ1) is 7.25. The van der Waals surface area contributed by atoms with Crippen molar-refractivity contribution in [1.29, 1.82) is 0 Å². The number of hydrogen-bond acceptors (Lipinski definition) is 1. The van der Waals surface area contributed by atoms with Crippen LogP contribution in [0, 0.1) is 22.2 Å². The zero-order valence-corrected chi connectivity index (χ0v) is 11.3. The van der Waals surface area contributed by atoms with E-state index in [0.717, 1.165) is 12.3 Å². The first-order valence-corrected chi connectivity index (χ1v) is 6.98. The van der Waals surface area contributed by atoms with Crippen molar-refractivity contribution in [2.75, 3.05) is 0 Å². The average Bonchev–Trinajstić information content (AvgIpc) is 2.49. The molecule has 0 heterocycles. The Balaban J connectivity index is 2.15. The molecule has 3 fully saturated rings. The SMILES string of the molecule is CC1(C)CC23CCC1[C@]2(C)CCC[C@]3(C)O. The molecule has 16 heavy (non-hydrogen) atoms. The van der Waals surface area contributed by atoms with Gasteiger partial charge in [-0.1, -0.05) is 27.2 Å². The molecule has 0 aromatic carbocycles. The maximum atomic E-state index is 10.9. The smallest absolute Gasteiger partial charge is 0.0681 e. The lowest BCUT2D eigenvalue weighted by Gasteiger charge is -2.54. The van der Waals surface area contributed by atoms with Gasteiger partial charge >= 0.3 is 0 Å². The molecule has 2 bridgehead atoms. The summed E-state index contributed by atoms with van der Waals surface area (Å²) >= 11 is 0. The summed E-state index contributed by atoms with van der Waals surface area (Å²) in [7, 11) is 0. The number of aliphatic hydroxyl groups is 1.